The number of rotatable bonds is 3. The van der Waals surface area contributed by atoms with Crippen LogP contribution in [0, 0.1) is 12.8 Å². The maximum absolute atomic E-state index is 11.8. The first-order chi connectivity index (χ1) is 7.77. The van der Waals surface area contributed by atoms with Gasteiger partial charge in [0.15, 0.2) is 0 Å². The molecule has 0 aliphatic carbocycles. The van der Waals surface area contributed by atoms with Gasteiger partial charge in [-0.05, 0) is 55.8 Å². The zero-order chi connectivity index (χ0) is 11.4. The molecule has 0 aromatic carbocycles. The molecule has 1 atom stereocenters. The molecule has 2 rings (SSSR count). The van der Waals surface area contributed by atoms with E-state index in [1.165, 1.54) is 24.2 Å². The first-order valence-corrected chi connectivity index (χ1v) is 6.68. The van der Waals surface area contributed by atoms with Crippen molar-refractivity contribution in [2.75, 3.05) is 19.6 Å². The van der Waals surface area contributed by atoms with E-state index >= 15 is 0 Å². The Bertz CT molecular complexity index is 356. The minimum atomic E-state index is 0.0815. The molecule has 1 fully saturated rings. The van der Waals surface area contributed by atoms with Crippen LogP contribution in [0.25, 0.3) is 0 Å². The summed E-state index contributed by atoms with van der Waals surface area (Å²) < 4.78 is 0. The molecule has 1 aliphatic heterocycles. The molecule has 0 bridgehead atoms. The van der Waals surface area contributed by atoms with E-state index < -0.39 is 0 Å². The summed E-state index contributed by atoms with van der Waals surface area (Å²) in [4.78, 5) is 12.7. The lowest BCUT2D eigenvalue weighted by Crippen LogP contribution is -2.38. The Labute approximate surface area is 100 Å². The van der Waals surface area contributed by atoms with Crippen molar-refractivity contribution in [2.24, 2.45) is 5.92 Å². The van der Waals surface area contributed by atoms with Gasteiger partial charge in [0.05, 0.1) is 4.88 Å². The van der Waals surface area contributed by atoms with Crippen LogP contribution in [0.15, 0.2) is 11.4 Å². The summed E-state index contributed by atoms with van der Waals surface area (Å²) in [6, 6.07) is 1.99. The van der Waals surface area contributed by atoms with Crippen molar-refractivity contribution in [3.63, 3.8) is 0 Å². The summed E-state index contributed by atoms with van der Waals surface area (Å²) in [5, 5.41) is 8.35. The first kappa shape index (κ1) is 11.6. The number of amides is 1. The maximum Gasteiger partial charge on any atom is 0.261 e. The third kappa shape index (κ3) is 2.83. The molecule has 0 radical (unpaired) electrons. The number of hydrogen-bond donors (Lipinski definition) is 2. The van der Waals surface area contributed by atoms with Crippen molar-refractivity contribution >= 4 is 17.2 Å². The summed E-state index contributed by atoms with van der Waals surface area (Å²) >= 11 is 1.52. The molecule has 16 heavy (non-hydrogen) atoms. The van der Waals surface area contributed by atoms with E-state index in [1.807, 2.05) is 18.4 Å². The molecule has 4 heteroatoms. The summed E-state index contributed by atoms with van der Waals surface area (Å²) in [7, 11) is 0. The first-order valence-electron chi connectivity index (χ1n) is 5.80. The minimum Gasteiger partial charge on any atom is -0.351 e. The normalized spacial score (nSPS) is 20.7. The quantitative estimate of drug-likeness (QED) is 0.843. The van der Waals surface area contributed by atoms with E-state index in [2.05, 4.69) is 10.6 Å². The van der Waals surface area contributed by atoms with Crippen LogP contribution in [-0.2, 0) is 0 Å². The van der Waals surface area contributed by atoms with Gasteiger partial charge in [0.2, 0.25) is 0 Å². The summed E-state index contributed by atoms with van der Waals surface area (Å²) in [6.07, 6.45) is 2.44. The van der Waals surface area contributed by atoms with E-state index in [0.29, 0.717) is 5.92 Å². The van der Waals surface area contributed by atoms with Crippen LogP contribution in [-0.4, -0.2) is 25.5 Å². The Hall–Kier alpha value is -0.870. The Balaban J connectivity index is 1.81. The van der Waals surface area contributed by atoms with E-state index in [0.717, 1.165) is 30.1 Å². The standard InChI is InChI=1S/C12H18N2OS/c1-9-4-6-16-11(9)12(15)14-8-10-3-2-5-13-7-10/h4,6,10,13H,2-3,5,7-8H2,1H3,(H,14,15)/t10-/m0/s1. The van der Waals surface area contributed by atoms with Crippen molar-refractivity contribution in [1.82, 2.24) is 10.6 Å². The number of aryl methyl sites for hydroxylation is 1. The molecule has 0 unspecified atom stereocenters. The molecule has 3 nitrogen and oxygen atoms in total. The smallest absolute Gasteiger partial charge is 0.261 e. The van der Waals surface area contributed by atoms with Crippen LogP contribution in [0.1, 0.15) is 28.1 Å². The summed E-state index contributed by atoms with van der Waals surface area (Å²) in [5.74, 6) is 0.677. The van der Waals surface area contributed by atoms with Gasteiger partial charge in [-0.2, -0.15) is 0 Å². The van der Waals surface area contributed by atoms with Crippen molar-refractivity contribution in [2.45, 2.75) is 19.8 Å². The molecular weight excluding hydrogens is 220 g/mol. The van der Waals surface area contributed by atoms with Crippen molar-refractivity contribution in [3.05, 3.63) is 21.9 Å². The molecule has 2 heterocycles. The molecular formula is C12H18N2OS. The highest BCUT2D eigenvalue weighted by molar-refractivity contribution is 7.12. The van der Waals surface area contributed by atoms with Gasteiger partial charge in [0, 0.05) is 6.54 Å². The average molecular weight is 238 g/mol. The van der Waals surface area contributed by atoms with Crippen LogP contribution in [0.3, 0.4) is 0 Å². The Kier molecular flexibility index (Phi) is 3.96. The zero-order valence-corrected chi connectivity index (χ0v) is 10.4. The van der Waals surface area contributed by atoms with Crippen LogP contribution >= 0.6 is 11.3 Å². The number of nitrogens with one attached hydrogen (secondary N) is 2. The van der Waals surface area contributed by atoms with E-state index in [9.17, 15) is 4.79 Å². The van der Waals surface area contributed by atoms with E-state index in [-0.39, 0.29) is 5.91 Å². The third-order valence-corrected chi connectivity index (χ3v) is 4.03. The van der Waals surface area contributed by atoms with Gasteiger partial charge in [-0.15, -0.1) is 11.3 Å². The second kappa shape index (κ2) is 5.46. The minimum absolute atomic E-state index is 0.0815. The molecule has 0 spiro atoms. The predicted molar refractivity (Wildman–Crippen MR) is 67.0 cm³/mol. The molecule has 1 aliphatic rings. The van der Waals surface area contributed by atoms with Crippen molar-refractivity contribution in [3.8, 4) is 0 Å². The van der Waals surface area contributed by atoms with Crippen LogP contribution in [0.5, 0.6) is 0 Å². The van der Waals surface area contributed by atoms with Gasteiger partial charge in [-0.25, -0.2) is 0 Å². The number of carbonyl (C=O) groups excluding carboxylic acids is 1. The highest BCUT2D eigenvalue weighted by Gasteiger charge is 2.15. The number of carbonyl (C=O) groups is 1. The molecule has 88 valence electrons. The van der Waals surface area contributed by atoms with E-state index in [4.69, 9.17) is 0 Å². The lowest BCUT2D eigenvalue weighted by atomic mass is 10.00. The summed E-state index contributed by atoms with van der Waals surface area (Å²) in [5.41, 5.74) is 1.07. The Morgan fingerprint density at radius 2 is 2.56 bits per heavy atom. The van der Waals surface area contributed by atoms with Crippen LogP contribution < -0.4 is 10.6 Å². The molecule has 1 aromatic heterocycles. The molecule has 1 aromatic rings. The summed E-state index contributed by atoms with van der Waals surface area (Å²) in [6.45, 7) is 4.93. The van der Waals surface area contributed by atoms with Gasteiger partial charge in [-0.3, -0.25) is 4.79 Å². The van der Waals surface area contributed by atoms with Crippen LogP contribution in [0.2, 0.25) is 0 Å². The molecule has 1 saturated heterocycles. The average Bonchev–Trinajstić information content (AvgIpc) is 2.74. The maximum atomic E-state index is 11.8. The highest BCUT2D eigenvalue weighted by Crippen LogP contribution is 2.15. The zero-order valence-electron chi connectivity index (χ0n) is 9.58. The Morgan fingerprint density at radius 1 is 1.69 bits per heavy atom. The van der Waals surface area contributed by atoms with Crippen molar-refractivity contribution < 1.29 is 4.79 Å². The molecule has 1 amide bonds. The lowest BCUT2D eigenvalue weighted by molar-refractivity contribution is 0.0948. The monoisotopic (exact) mass is 238 g/mol. The number of thiophene rings is 1. The topological polar surface area (TPSA) is 41.1 Å². The fraction of sp³-hybridized carbons (Fsp3) is 0.583. The predicted octanol–water partition coefficient (Wildman–Crippen LogP) is 1.79. The van der Waals surface area contributed by atoms with E-state index in [1.54, 1.807) is 0 Å². The lowest BCUT2D eigenvalue weighted by Gasteiger charge is -2.22. The second-order valence-electron chi connectivity index (χ2n) is 4.36. The third-order valence-electron chi connectivity index (χ3n) is 3.02. The van der Waals surface area contributed by atoms with Crippen molar-refractivity contribution in [1.29, 1.82) is 0 Å². The fourth-order valence-electron chi connectivity index (χ4n) is 2.02. The van der Waals surface area contributed by atoms with Crippen LogP contribution in [0.4, 0.5) is 0 Å². The fourth-order valence-corrected chi connectivity index (χ4v) is 2.86. The van der Waals surface area contributed by atoms with Gasteiger partial charge >= 0.3 is 0 Å². The largest absolute Gasteiger partial charge is 0.351 e. The van der Waals surface area contributed by atoms with Gasteiger partial charge < -0.3 is 10.6 Å². The van der Waals surface area contributed by atoms with Gasteiger partial charge in [0.1, 0.15) is 0 Å². The molecule has 2 N–H and O–H groups in total. The molecule has 0 saturated carbocycles. The van der Waals surface area contributed by atoms with Gasteiger partial charge in [0.25, 0.3) is 5.91 Å². The SMILES string of the molecule is Cc1ccsc1C(=O)NC[C@H]1CCCNC1. The Morgan fingerprint density at radius 3 is 3.19 bits per heavy atom. The van der Waals surface area contributed by atoms with Gasteiger partial charge in [-0.1, -0.05) is 0 Å². The second-order valence-corrected chi connectivity index (χ2v) is 5.27. The number of piperidine rings is 1. The highest BCUT2D eigenvalue weighted by atomic mass is 32.1. The number of hydrogen-bond acceptors (Lipinski definition) is 3.